The lowest BCUT2D eigenvalue weighted by atomic mass is 10.1. The Morgan fingerprint density at radius 2 is 1.71 bits per heavy atom. The van der Waals surface area contributed by atoms with Crippen LogP contribution in [0.25, 0.3) is 0 Å². The van der Waals surface area contributed by atoms with Crippen LogP contribution in [0.3, 0.4) is 0 Å². The van der Waals surface area contributed by atoms with Gasteiger partial charge < -0.3 is 15.5 Å². The summed E-state index contributed by atoms with van der Waals surface area (Å²) in [7, 11) is 0. The monoisotopic (exact) mass is 199 g/mol. The van der Waals surface area contributed by atoms with Crippen LogP contribution in [0.4, 0.5) is 0 Å². The fourth-order valence-corrected chi connectivity index (χ4v) is 1.85. The molecule has 1 aliphatic rings. The predicted octanol–water partition coefficient (Wildman–Crippen LogP) is 0.609. The summed E-state index contributed by atoms with van der Waals surface area (Å²) in [6, 6.07) is 0. The van der Waals surface area contributed by atoms with Crippen LogP contribution in [0, 0.1) is 5.92 Å². The maximum absolute atomic E-state index is 5.60. The van der Waals surface area contributed by atoms with Crippen LogP contribution in [0.5, 0.6) is 0 Å². The van der Waals surface area contributed by atoms with Gasteiger partial charge in [0.05, 0.1) is 0 Å². The van der Waals surface area contributed by atoms with Gasteiger partial charge in [-0.1, -0.05) is 13.8 Å². The molecule has 1 fully saturated rings. The van der Waals surface area contributed by atoms with E-state index in [1.807, 2.05) is 0 Å². The van der Waals surface area contributed by atoms with Crippen molar-refractivity contribution < 1.29 is 0 Å². The lowest BCUT2D eigenvalue weighted by Gasteiger charge is -2.34. The van der Waals surface area contributed by atoms with Crippen molar-refractivity contribution >= 4 is 0 Å². The normalized spacial score (nSPS) is 22.5. The third-order valence-electron chi connectivity index (χ3n) is 3.25. The number of rotatable bonds is 5. The number of hydrogen-bond acceptors (Lipinski definition) is 3. The first-order chi connectivity index (χ1) is 6.76. The third-order valence-corrected chi connectivity index (χ3v) is 3.25. The average molecular weight is 199 g/mol. The minimum atomic E-state index is 0.680. The summed E-state index contributed by atoms with van der Waals surface area (Å²) in [5.74, 6) is 0.680. The fourth-order valence-electron chi connectivity index (χ4n) is 1.85. The molecule has 0 aromatic rings. The largest absolute Gasteiger partial charge is 0.330 e. The van der Waals surface area contributed by atoms with Gasteiger partial charge in [-0.05, 0) is 32.0 Å². The topological polar surface area (TPSA) is 32.5 Å². The van der Waals surface area contributed by atoms with Crippen LogP contribution in [0.15, 0.2) is 0 Å². The molecular formula is C11H25N3. The van der Waals surface area contributed by atoms with Gasteiger partial charge in [0.25, 0.3) is 0 Å². The van der Waals surface area contributed by atoms with Crippen molar-refractivity contribution in [2.24, 2.45) is 11.7 Å². The second-order valence-electron chi connectivity index (χ2n) is 4.41. The van der Waals surface area contributed by atoms with Crippen molar-refractivity contribution in [2.75, 3.05) is 45.8 Å². The molecule has 1 aliphatic heterocycles. The second-order valence-corrected chi connectivity index (χ2v) is 4.41. The first-order valence-electron chi connectivity index (χ1n) is 5.91. The number of hydrogen-bond donors (Lipinski definition) is 1. The molecule has 0 radical (unpaired) electrons. The molecule has 0 aromatic carbocycles. The van der Waals surface area contributed by atoms with Crippen LogP contribution in [0.1, 0.15) is 20.3 Å². The Balaban J connectivity index is 2.10. The molecule has 14 heavy (non-hydrogen) atoms. The summed E-state index contributed by atoms with van der Waals surface area (Å²) < 4.78 is 0. The Kier molecular flexibility index (Phi) is 5.45. The van der Waals surface area contributed by atoms with E-state index in [4.69, 9.17) is 5.73 Å². The van der Waals surface area contributed by atoms with E-state index in [-0.39, 0.29) is 0 Å². The zero-order chi connectivity index (χ0) is 10.4. The lowest BCUT2D eigenvalue weighted by Crippen LogP contribution is -2.46. The first-order valence-corrected chi connectivity index (χ1v) is 5.91. The number of piperazine rings is 1. The van der Waals surface area contributed by atoms with Gasteiger partial charge in [0.2, 0.25) is 0 Å². The quantitative estimate of drug-likeness (QED) is 0.704. The second kappa shape index (κ2) is 6.38. The first kappa shape index (κ1) is 12.0. The Labute approximate surface area is 88.2 Å². The van der Waals surface area contributed by atoms with E-state index in [1.54, 1.807) is 0 Å². The molecule has 0 bridgehead atoms. The van der Waals surface area contributed by atoms with Gasteiger partial charge in [0, 0.05) is 26.2 Å². The Morgan fingerprint density at radius 1 is 1.14 bits per heavy atom. The van der Waals surface area contributed by atoms with E-state index >= 15 is 0 Å². The molecule has 3 heteroatoms. The highest BCUT2D eigenvalue weighted by atomic mass is 15.3. The molecule has 3 nitrogen and oxygen atoms in total. The summed E-state index contributed by atoms with van der Waals surface area (Å²) >= 11 is 0. The predicted molar refractivity (Wildman–Crippen MR) is 61.4 cm³/mol. The molecule has 1 heterocycles. The molecule has 0 aromatic heterocycles. The lowest BCUT2D eigenvalue weighted by molar-refractivity contribution is 0.132. The van der Waals surface area contributed by atoms with Gasteiger partial charge in [-0.25, -0.2) is 0 Å². The Hall–Kier alpha value is -0.120. The van der Waals surface area contributed by atoms with Gasteiger partial charge in [0.1, 0.15) is 0 Å². The molecule has 1 rings (SSSR count). The highest BCUT2D eigenvalue weighted by Crippen LogP contribution is 2.05. The number of nitrogens with two attached hydrogens (primary N) is 1. The van der Waals surface area contributed by atoms with Gasteiger partial charge in [0.15, 0.2) is 0 Å². The highest BCUT2D eigenvalue weighted by molar-refractivity contribution is 4.71. The van der Waals surface area contributed by atoms with Crippen molar-refractivity contribution in [1.29, 1.82) is 0 Å². The van der Waals surface area contributed by atoms with Crippen molar-refractivity contribution in [2.45, 2.75) is 20.3 Å². The zero-order valence-corrected chi connectivity index (χ0v) is 9.71. The molecule has 0 aliphatic carbocycles. The van der Waals surface area contributed by atoms with E-state index in [9.17, 15) is 0 Å². The smallest absolute Gasteiger partial charge is 0.0110 e. The van der Waals surface area contributed by atoms with Crippen LogP contribution >= 0.6 is 0 Å². The van der Waals surface area contributed by atoms with Crippen LogP contribution in [0.2, 0.25) is 0 Å². The maximum atomic E-state index is 5.60. The summed E-state index contributed by atoms with van der Waals surface area (Å²) in [4.78, 5) is 5.08. The Bertz CT molecular complexity index is 141. The third kappa shape index (κ3) is 3.95. The average Bonchev–Trinajstić information content (AvgIpc) is 2.26. The molecule has 84 valence electrons. The summed E-state index contributed by atoms with van der Waals surface area (Å²) in [6.45, 7) is 12.7. The van der Waals surface area contributed by atoms with Crippen molar-refractivity contribution in [3.63, 3.8) is 0 Å². The SMILES string of the molecule is CCN1CCN(CCC(C)CN)CC1. The van der Waals surface area contributed by atoms with Gasteiger partial charge in [-0.3, -0.25) is 0 Å². The van der Waals surface area contributed by atoms with Gasteiger partial charge in [-0.15, -0.1) is 0 Å². The van der Waals surface area contributed by atoms with Crippen molar-refractivity contribution in [3.8, 4) is 0 Å². The van der Waals surface area contributed by atoms with E-state index in [0.717, 1.165) is 6.54 Å². The molecule has 1 unspecified atom stereocenters. The minimum Gasteiger partial charge on any atom is -0.330 e. The summed E-state index contributed by atoms with van der Waals surface area (Å²) in [5.41, 5.74) is 5.60. The highest BCUT2D eigenvalue weighted by Gasteiger charge is 2.15. The van der Waals surface area contributed by atoms with Crippen molar-refractivity contribution in [3.05, 3.63) is 0 Å². The van der Waals surface area contributed by atoms with Crippen LogP contribution in [-0.2, 0) is 0 Å². The molecule has 2 N–H and O–H groups in total. The minimum absolute atomic E-state index is 0.680. The molecule has 1 saturated heterocycles. The van der Waals surface area contributed by atoms with E-state index < -0.39 is 0 Å². The van der Waals surface area contributed by atoms with Crippen LogP contribution in [-0.4, -0.2) is 55.6 Å². The van der Waals surface area contributed by atoms with E-state index in [1.165, 1.54) is 45.7 Å². The van der Waals surface area contributed by atoms with Gasteiger partial charge >= 0.3 is 0 Å². The summed E-state index contributed by atoms with van der Waals surface area (Å²) in [6.07, 6.45) is 1.25. The molecule has 0 amide bonds. The Morgan fingerprint density at radius 3 is 2.21 bits per heavy atom. The number of likely N-dealkylation sites (N-methyl/N-ethyl adjacent to an activating group) is 1. The molecule has 0 saturated carbocycles. The fraction of sp³-hybridized carbons (Fsp3) is 1.00. The number of nitrogens with zero attached hydrogens (tertiary/aromatic N) is 2. The maximum Gasteiger partial charge on any atom is 0.0110 e. The molecular weight excluding hydrogens is 174 g/mol. The zero-order valence-electron chi connectivity index (χ0n) is 9.71. The van der Waals surface area contributed by atoms with E-state index in [0.29, 0.717) is 5.92 Å². The standard InChI is InChI=1S/C11H25N3/c1-3-13-6-8-14(9-7-13)5-4-11(2)10-12/h11H,3-10,12H2,1-2H3. The van der Waals surface area contributed by atoms with Gasteiger partial charge in [-0.2, -0.15) is 0 Å². The summed E-state index contributed by atoms with van der Waals surface area (Å²) in [5, 5.41) is 0. The van der Waals surface area contributed by atoms with Crippen molar-refractivity contribution in [1.82, 2.24) is 9.80 Å². The molecule has 1 atom stereocenters. The van der Waals surface area contributed by atoms with Crippen LogP contribution < -0.4 is 5.73 Å². The molecule has 0 spiro atoms. The van der Waals surface area contributed by atoms with E-state index in [2.05, 4.69) is 23.6 Å².